The maximum atomic E-state index is 12.6. The molecular formula is C18H17NO4. The number of epoxide rings is 1. The molecule has 0 saturated carbocycles. The zero-order valence-electron chi connectivity index (χ0n) is 12.9. The molecule has 1 amide bonds. The number of ketones is 1. The molecule has 1 saturated heterocycles. The van der Waals surface area contributed by atoms with Gasteiger partial charge in [0.05, 0.1) is 12.8 Å². The summed E-state index contributed by atoms with van der Waals surface area (Å²) in [7, 11) is 1.61. The van der Waals surface area contributed by atoms with Crippen molar-refractivity contribution in [3.63, 3.8) is 0 Å². The number of ether oxygens (including phenoxy) is 2. The number of amides is 1. The Morgan fingerprint density at radius 1 is 1.09 bits per heavy atom. The fourth-order valence-electron chi connectivity index (χ4n) is 2.51. The molecule has 0 radical (unpaired) electrons. The Labute approximate surface area is 134 Å². The Morgan fingerprint density at radius 2 is 1.78 bits per heavy atom. The van der Waals surface area contributed by atoms with Crippen LogP contribution in [0.3, 0.4) is 0 Å². The molecule has 1 fully saturated rings. The average molecular weight is 311 g/mol. The van der Waals surface area contributed by atoms with Crippen molar-refractivity contribution in [3.8, 4) is 5.75 Å². The van der Waals surface area contributed by atoms with Crippen LogP contribution in [-0.2, 0) is 9.53 Å². The van der Waals surface area contributed by atoms with Crippen LogP contribution in [-0.4, -0.2) is 24.9 Å². The summed E-state index contributed by atoms with van der Waals surface area (Å²) in [5, 5.41) is 2.67. The summed E-state index contributed by atoms with van der Waals surface area (Å²) >= 11 is 0. The minimum absolute atomic E-state index is 0.129. The Kier molecular flexibility index (Phi) is 4.12. The Balaban J connectivity index is 1.76. The maximum Gasteiger partial charge on any atom is 0.221 e. The van der Waals surface area contributed by atoms with Gasteiger partial charge in [-0.3, -0.25) is 9.59 Å². The van der Waals surface area contributed by atoms with E-state index in [1.165, 1.54) is 6.92 Å². The lowest BCUT2D eigenvalue weighted by Gasteiger charge is -2.07. The summed E-state index contributed by atoms with van der Waals surface area (Å²) in [6, 6.07) is 14.4. The van der Waals surface area contributed by atoms with Crippen LogP contribution in [0.4, 0.5) is 5.69 Å². The van der Waals surface area contributed by atoms with E-state index in [0.29, 0.717) is 11.3 Å². The predicted octanol–water partition coefficient (Wildman–Crippen LogP) is 2.98. The number of para-hydroxylation sites is 1. The van der Waals surface area contributed by atoms with E-state index in [4.69, 9.17) is 9.47 Å². The molecule has 1 heterocycles. The van der Waals surface area contributed by atoms with Gasteiger partial charge >= 0.3 is 0 Å². The first kappa shape index (κ1) is 15.2. The highest BCUT2D eigenvalue weighted by atomic mass is 16.6. The van der Waals surface area contributed by atoms with Gasteiger partial charge < -0.3 is 14.8 Å². The smallest absolute Gasteiger partial charge is 0.221 e. The summed E-state index contributed by atoms with van der Waals surface area (Å²) < 4.78 is 10.7. The minimum Gasteiger partial charge on any atom is -0.497 e. The molecule has 0 aliphatic carbocycles. The van der Waals surface area contributed by atoms with Crippen molar-refractivity contribution in [3.05, 3.63) is 59.7 Å². The van der Waals surface area contributed by atoms with Gasteiger partial charge in [-0.1, -0.05) is 24.3 Å². The number of carbonyl (C=O) groups is 2. The number of benzene rings is 2. The number of nitrogens with one attached hydrogen (secondary N) is 1. The van der Waals surface area contributed by atoms with Gasteiger partial charge in [-0.15, -0.1) is 0 Å². The van der Waals surface area contributed by atoms with Crippen molar-refractivity contribution in [2.75, 3.05) is 12.4 Å². The van der Waals surface area contributed by atoms with E-state index in [9.17, 15) is 9.59 Å². The third-order valence-corrected chi connectivity index (χ3v) is 3.70. The number of hydrogen-bond acceptors (Lipinski definition) is 4. The monoisotopic (exact) mass is 311 g/mol. The Bertz CT molecular complexity index is 739. The topological polar surface area (TPSA) is 67.9 Å². The normalized spacial score (nSPS) is 19.0. The summed E-state index contributed by atoms with van der Waals surface area (Å²) in [6.07, 6.45) is -0.767. The molecule has 1 aliphatic rings. The maximum absolute atomic E-state index is 12.6. The van der Waals surface area contributed by atoms with Crippen LogP contribution >= 0.6 is 0 Å². The largest absolute Gasteiger partial charge is 0.497 e. The van der Waals surface area contributed by atoms with Gasteiger partial charge in [-0.05, 0) is 29.8 Å². The molecular weight excluding hydrogens is 294 g/mol. The molecule has 2 aromatic rings. The molecule has 2 aromatic carbocycles. The van der Waals surface area contributed by atoms with Gasteiger partial charge in [0, 0.05) is 12.5 Å². The van der Waals surface area contributed by atoms with Crippen molar-refractivity contribution in [2.45, 2.75) is 19.1 Å². The lowest BCUT2D eigenvalue weighted by molar-refractivity contribution is -0.114. The second-order valence-corrected chi connectivity index (χ2v) is 5.34. The summed E-state index contributed by atoms with van der Waals surface area (Å²) in [4.78, 5) is 23.9. The first-order valence-electron chi connectivity index (χ1n) is 7.30. The summed E-state index contributed by atoms with van der Waals surface area (Å²) in [5.41, 5.74) is 1.90. The number of methoxy groups -OCH3 is 1. The highest BCUT2D eigenvalue weighted by Gasteiger charge is 2.46. The highest BCUT2D eigenvalue weighted by Crippen LogP contribution is 2.41. The Morgan fingerprint density at radius 3 is 2.43 bits per heavy atom. The predicted molar refractivity (Wildman–Crippen MR) is 85.7 cm³/mol. The van der Waals surface area contributed by atoms with E-state index < -0.39 is 6.10 Å². The van der Waals surface area contributed by atoms with Crippen molar-refractivity contribution >= 4 is 17.4 Å². The second kappa shape index (κ2) is 6.22. The van der Waals surface area contributed by atoms with Crippen LogP contribution in [0, 0.1) is 0 Å². The zero-order valence-corrected chi connectivity index (χ0v) is 12.9. The molecule has 23 heavy (non-hydrogen) atoms. The van der Waals surface area contributed by atoms with E-state index in [1.807, 2.05) is 24.3 Å². The molecule has 118 valence electrons. The molecule has 0 aromatic heterocycles. The number of carbonyl (C=O) groups excluding carboxylic acids is 2. The van der Waals surface area contributed by atoms with E-state index in [2.05, 4.69) is 5.32 Å². The van der Waals surface area contributed by atoms with Gasteiger partial charge in [0.2, 0.25) is 5.91 Å². The molecule has 5 nitrogen and oxygen atoms in total. The van der Waals surface area contributed by atoms with Crippen LogP contribution in [0.5, 0.6) is 5.75 Å². The number of anilines is 1. The van der Waals surface area contributed by atoms with Crippen molar-refractivity contribution < 1.29 is 19.1 Å². The second-order valence-electron chi connectivity index (χ2n) is 5.34. The molecule has 0 spiro atoms. The first-order valence-corrected chi connectivity index (χ1v) is 7.30. The molecule has 3 rings (SSSR count). The van der Waals surface area contributed by atoms with E-state index >= 15 is 0 Å². The minimum atomic E-state index is -0.515. The standard InChI is InChI=1S/C18H17NO4/c1-11(20)19-15-6-4-3-5-14(15)16(21)18-17(23-18)12-7-9-13(22-2)10-8-12/h3-10,17-18H,1-2H3,(H,19,20)/t17-,18-/m1/s1. The average Bonchev–Trinajstić information content (AvgIpc) is 3.35. The van der Waals surface area contributed by atoms with Crippen molar-refractivity contribution in [2.24, 2.45) is 0 Å². The molecule has 1 aliphatic heterocycles. The van der Waals surface area contributed by atoms with Gasteiger partial charge in [0.1, 0.15) is 11.9 Å². The summed E-state index contributed by atoms with van der Waals surface area (Å²) in [5.74, 6) is 0.414. The van der Waals surface area contributed by atoms with Crippen LogP contribution in [0.1, 0.15) is 28.9 Å². The lowest BCUT2D eigenvalue weighted by atomic mass is 10.0. The number of hydrogen-bond donors (Lipinski definition) is 1. The highest BCUT2D eigenvalue weighted by molar-refractivity contribution is 6.08. The first-order chi connectivity index (χ1) is 11.1. The fourth-order valence-corrected chi connectivity index (χ4v) is 2.51. The van der Waals surface area contributed by atoms with Gasteiger partial charge in [0.25, 0.3) is 0 Å². The van der Waals surface area contributed by atoms with Gasteiger partial charge in [-0.25, -0.2) is 0 Å². The molecule has 2 atom stereocenters. The van der Waals surface area contributed by atoms with Crippen molar-refractivity contribution in [1.29, 1.82) is 0 Å². The van der Waals surface area contributed by atoms with Crippen LogP contribution in [0.25, 0.3) is 0 Å². The Hall–Kier alpha value is -2.66. The van der Waals surface area contributed by atoms with Crippen molar-refractivity contribution in [1.82, 2.24) is 0 Å². The van der Waals surface area contributed by atoms with E-state index in [0.717, 1.165) is 11.3 Å². The number of Topliss-reactive ketones (excluding diaryl/α,β-unsaturated/α-hetero) is 1. The van der Waals surface area contributed by atoms with E-state index in [1.54, 1.807) is 31.4 Å². The lowest BCUT2D eigenvalue weighted by Crippen LogP contribution is -2.14. The quantitative estimate of drug-likeness (QED) is 0.681. The fraction of sp³-hybridized carbons (Fsp3) is 0.222. The molecule has 1 N–H and O–H groups in total. The van der Waals surface area contributed by atoms with Crippen LogP contribution in [0.2, 0.25) is 0 Å². The molecule has 5 heteroatoms. The molecule has 0 bridgehead atoms. The summed E-state index contributed by atoms with van der Waals surface area (Å²) in [6.45, 7) is 1.41. The third kappa shape index (κ3) is 3.24. The third-order valence-electron chi connectivity index (χ3n) is 3.70. The van der Waals surface area contributed by atoms with Gasteiger partial charge in [-0.2, -0.15) is 0 Å². The van der Waals surface area contributed by atoms with Crippen LogP contribution in [0.15, 0.2) is 48.5 Å². The zero-order chi connectivity index (χ0) is 16.4. The SMILES string of the molecule is COc1ccc([C@H]2O[C@@H]2C(=O)c2ccccc2NC(C)=O)cc1. The number of rotatable bonds is 5. The molecule has 0 unspecified atom stereocenters. The van der Waals surface area contributed by atoms with Crippen LogP contribution < -0.4 is 10.1 Å². The van der Waals surface area contributed by atoms with Gasteiger partial charge in [0.15, 0.2) is 11.9 Å². The van der Waals surface area contributed by atoms with E-state index in [-0.39, 0.29) is 17.8 Å².